The molecule has 0 spiro atoms. The second-order valence-corrected chi connectivity index (χ2v) is 5.54. The number of likely N-dealkylation sites (tertiary alicyclic amines) is 1. The maximum atomic E-state index is 9.48. The molecule has 3 heteroatoms. The van der Waals surface area contributed by atoms with Crippen molar-refractivity contribution in [3.8, 4) is 0 Å². The van der Waals surface area contributed by atoms with Crippen molar-refractivity contribution in [3.63, 3.8) is 0 Å². The van der Waals surface area contributed by atoms with E-state index in [1.54, 1.807) is 0 Å². The van der Waals surface area contributed by atoms with Gasteiger partial charge in [-0.3, -0.25) is 4.90 Å². The van der Waals surface area contributed by atoms with E-state index in [2.05, 4.69) is 24.1 Å². The van der Waals surface area contributed by atoms with Crippen LogP contribution in [0.4, 0.5) is 0 Å². The summed E-state index contributed by atoms with van der Waals surface area (Å²) in [4.78, 5) is 2.52. The van der Waals surface area contributed by atoms with E-state index in [-0.39, 0.29) is 0 Å². The van der Waals surface area contributed by atoms with Crippen LogP contribution in [0, 0.1) is 5.41 Å². The third kappa shape index (κ3) is 3.94. The van der Waals surface area contributed by atoms with Gasteiger partial charge in [0.2, 0.25) is 0 Å². The second kappa shape index (κ2) is 7.34. The SMILES string of the molecule is CCC(CC)(CNC)CN1CCCCC1CO. The van der Waals surface area contributed by atoms with E-state index < -0.39 is 0 Å². The van der Waals surface area contributed by atoms with E-state index in [9.17, 15) is 5.11 Å². The van der Waals surface area contributed by atoms with Crippen molar-refractivity contribution in [2.75, 3.05) is 33.3 Å². The Morgan fingerprint density at radius 2 is 2.00 bits per heavy atom. The van der Waals surface area contributed by atoms with Gasteiger partial charge in [0.25, 0.3) is 0 Å². The predicted molar refractivity (Wildman–Crippen MR) is 73.2 cm³/mol. The summed E-state index contributed by atoms with van der Waals surface area (Å²) < 4.78 is 0. The van der Waals surface area contributed by atoms with Crippen LogP contribution < -0.4 is 5.32 Å². The highest BCUT2D eigenvalue weighted by Gasteiger charge is 2.32. The zero-order valence-corrected chi connectivity index (χ0v) is 11.8. The van der Waals surface area contributed by atoms with Gasteiger partial charge in [-0.25, -0.2) is 0 Å². The van der Waals surface area contributed by atoms with Crippen molar-refractivity contribution < 1.29 is 5.11 Å². The molecule has 1 aliphatic heterocycles. The highest BCUT2D eigenvalue weighted by Crippen LogP contribution is 2.29. The first-order valence-corrected chi connectivity index (χ1v) is 7.21. The molecule has 1 aliphatic rings. The van der Waals surface area contributed by atoms with Gasteiger partial charge in [0.15, 0.2) is 0 Å². The summed E-state index contributed by atoms with van der Waals surface area (Å²) in [7, 11) is 2.04. The van der Waals surface area contributed by atoms with Gasteiger partial charge in [0, 0.05) is 19.1 Å². The lowest BCUT2D eigenvalue weighted by Gasteiger charge is -2.42. The van der Waals surface area contributed by atoms with Crippen molar-refractivity contribution >= 4 is 0 Å². The molecule has 17 heavy (non-hydrogen) atoms. The molecule has 1 rings (SSSR count). The quantitative estimate of drug-likeness (QED) is 0.715. The predicted octanol–water partition coefficient (Wildman–Crippen LogP) is 1.86. The van der Waals surface area contributed by atoms with Gasteiger partial charge in [0.05, 0.1) is 6.61 Å². The Labute approximate surface area is 107 Å². The summed E-state index contributed by atoms with van der Waals surface area (Å²) in [6.07, 6.45) is 6.15. The largest absolute Gasteiger partial charge is 0.395 e. The molecule has 1 saturated heterocycles. The molecule has 1 heterocycles. The summed E-state index contributed by atoms with van der Waals surface area (Å²) in [5.41, 5.74) is 0.375. The lowest BCUT2D eigenvalue weighted by atomic mass is 9.80. The molecule has 1 atom stereocenters. The third-order valence-corrected chi connectivity index (χ3v) is 4.55. The molecule has 0 saturated carbocycles. The topological polar surface area (TPSA) is 35.5 Å². The third-order valence-electron chi connectivity index (χ3n) is 4.55. The standard InChI is InChI=1S/C14H30N2O/c1-4-14(5-2,11-15-3)12-16-9-7-6-8-13(16)10-17/h13,15,17H,4-12H2,1-3H3. The number of hydrogen-bond acceptors (Lipinski definition) is 3. The second-order valence-electron chi connectivity index (χ2n) is 5.54. The van der Waals surface area contributed by atoms with Crippen molar-refractivity contribution in [3.05, 3.63) is 0 Å². The van der Waals surface area contributed by atoms with Gasteiger partial charge in [0.1, 0.15) is 0 Å². The van der Waals surface area contributed by atoms with Crippen molar-refractivity contribution in [1.29, 1.82) is 0 Å². The van der Waals surface area contributed by atoms with Crippen LogP contribution in [0.1, 0.15) is 46.0 Å². The van der Waals surface area contributed by atoms with Crippen LogP contribution in [-0.4, -0.2) is 49.3 Å². The molecular weight excluding hydrogens is 212 g/mol. The van der Waals surface area contributed by atoms with Crippen molar-refractivity contribution in [1.82, 2.24) is 10.2 Å². The van der Waals surface area contributed by atoms with Gasteiger partial charge in [-0.15, -0.1) is 0 Å². The Kier molecular flexibility index (Phi) is 6.45. The molecular formula is C14H30N2O. The van der Waals surface area contributed by atoms with Gasteiger partial charge >= 0.3 is 0 Å². The van der Waals surface area contributed by atoms with Crippen LogP contribution in [0.15, 0.2) is 0 Å². The molecule has 2 N–H and O–H groups in total. The minimum absolute atomic E-state index is 0.322. The molecule has 0 aromatic carbocycles. The number of piperidine rings is 1. The summed E-state index contributed by atoms with van der Waals surface area (Å²) in [5, 5.41) is 12.8. The summed E-state index contributed by atoms with van der Waals surface area (Å²) in [6.45, 7) is 8.28. The van der Waals surface area contributed by atoms with Crippen molar-refractivity contribution in [2.24, 2.45) is 5.41 Å². The molecule has 0 bridgehead atoms. The van der Waals surface area contributed by atoms with E-state index in [4.69, 9.17) is 0 Å². The van der Waals surface area contributed by atoms with E-state index in [1.165, 1.54) is 32.1 Å². The summed E-state index contributed by atoms with van der Waals surface area (Å²) in [5.74, 6) is 0. The summed E-state index contributed by atoms with van der Waals surface area (Å²) >= 11 is 0. The number of nitrogens with one attached hydrogen (secondary N) is 1. The number of hydrogen-bond donors (Lipinski definition) is 2. The molecule has 1 fully saturated rings. The van der Waals surface area contributed by atoms with Gasteiger partial charge in [-0.05, 0) is 44.7 Å². The van der Waals surface area contributed by atoms with Crippen molar-refractivity contribution in [2.45, 2.75) is 52.0 Å². The minimum Gasteiger partial charge on any atom is -0.395 e. The normalized spacial score (nSPS) is 22.9. The van der Waals surface area contributed by atoms with Crippen LogP contribution in [0.25, 0.3) is 0 Å². The maximum Gasteiger partial charge on any atom is 0.0586 e. The Hall–Kier alpha value is -0.120. The molecule has 1 unspecified atom stereocenters. The maximum absolute atomic E-state index is 9.48. The molecule has 3 nitrogen and oxygen atoms in total. The van der Waals surface area contributed by atoms with Crippen LogP contribution in [-0.2, 0) is 0 Å². The molecule has 0 radical (unpaired) electrons. The average molecular weight is 242 g/mol. The van der Waals surface area contributed by atoms with Crippen LogP contribution in [0.5, 0.6) is 0 Å². The smallest absolute Gasteiger partial charge is 0.0586 e. The lowest BCUT2D eigenvalue weighted by Crippen LogP contribution is -2.50. The van der Waals surface area contributed by atoms with Gasteiger partial charge < -0.3 is 10.4 Å². The first-order chi connectivity index (χ1) is 8.21. The first-order valence-electron chi connectivity index (χ1n) is 7.21. The van der Waals surface area contributed by atoms with Crippen LogP contribution in [0.2, 0.25) is 0 Å². The monoisotopic (exact) mass is 242 g/mol. The molecule has 0 aliphatic carbocycles. The number of nitrogens with zero attached hydrogens (tertiary/aromatic N) is 1. The Morgan fingerprint density at radius 1 is 1.29 bits per heavy atom. The fourth-order valence-electron chi connectivity index (χ4n) is 3.06. The molecule has 0 aromatic rings. The van der Waals surface area contributed by atoms with E-state index in [0.717, 1.165) is 19.6 Å². The average Bonchev–Trinajstić information content (AvgIpc) is 2.38. The van der Waals surface area contributed by atoms with Gasteiger partial charge in [-0.2, -0.15) is 0 Å². The van der Waals surface area contributed by atoms with E-state index in [1.807, 2.05) is 7.05 Å². The fourth-order valence-corrected chi connectivity index (χ4v) is 3.06. The lowest BCUT2D eigenvalue weighted by molar-refractivity contribution is 0.0438. The fraction of sp³-hybridized carbons (Fsp3) is 1.00. The zero-order valence-electron chi connectivity index (χ0n) is 11.8. The minimum atomic E-state index is 0.322. The number of aliphatic hydroxyl groups is 1. The molecule has 0 amide bonds. The Morgan fingerprint density at radius 3 is 2.53 bits per heavy atom. The highest BCUT2D eigenvalue weighted by molar-refractivity contribution is 4.86. The van der Waals surface area contributed by atoms with E-state index in [0.29, 0.717) is 18.1 Å². The van der Waals surface area contributed by atoms with Gasteiger partial charge in [-0.1, -0.05) is 20.3 Å². The van der Waals surface area contributed by atoms with E-state index >= 15 is 0 Å². The summed E-state index contributed by atoms with van der Waals surface area (Å²) in [6, 6.07) is 0.401. The Balaban J connectivity index is 2.63. The molecule has 102 valence electrons. The zero-order chi connectivity index (χ0) is 12.7. The molecule has 0 aromatic heterocycles. The highest BCUT2D eigenvalue weighted by atomic mass is 16.3. The van der Waals surface area contributed by atoms with Crippen LogP contribution in [0.3, 0.4) is 0 Å². The Bertz CT molecular complexity index is 204. The van der Waals surface area contributed by atoms with Crippen LogP contribution >= 0.6 is 0 Å². The number of aliphatic hydroxyl groups excluding tert-OH is 1. The first kappa shape index (κ1) is 14.9. The number of rotatable bonds is 7.